The topological polar surface area (TPSA) is 13.1 Å². The first-order valence-electron chi connectivity index (χ1n) is 27.9. The molecule has 218 valence electrons. The molecule has 0 spiro atoms. The maximum atomic E-state index is 9.69. The fourth-order valence-corrected chi connectivity index (χ4v) is 5.89. The summed E-state index contributed by atoms with van der Waals surface area (Å²) in [6.07, 6.45) is 0. The Labute approximate surface area is 311 Å². The van der Waals surface area contributed by atoms with Gasteiger partial charge in [-0.25, -0.2) is 0 Å². The summed E-state index contributed by atoms with van der Waals surface area (Å²) < 4.78 is 259. The van der Waals surface area contributed by atoms with E-state index in [1.165, 1.54) is 0 Å². The molecule has 0 bridgehead atoms. The normalized spacial score (nSPS) is 20.2. The van der Waals surface area contributed by atoms with Crippen LogP contribution in [0, 0.1) is 0 Å². The van der Waals surface area contributed by atoms with Crippen LogP contribution < -0.4 is 0 Å². The van der Waals surface area contributed by atoms with Crippen molar-refractivity contribution < 1.29 is 42.8 Å². The van der Waals surface area contributed by atoms with Gasteiger partial charge >= 0.3 is 0 Å². The summed E-state index contributed by atoms with van der Waals surface area (Å²) in [5.41, 5.74) is -6.17. The van der Waals surface area contributed by atoms with Crippen LogP contribution in [0.3, 0.4) is 0 Å². The van der Waals surface area contributed by atoms with Gasteiger partial charge in [0.15, 0.2) is 0 Å². The Balaban J connectivity index is 1.52. The molecule has 0 aliphatic carbocycles. The molecule has 10 rings (SSSR count). The highest BCUT2D eigenvalue weighted by Gasteiger charge is 2.20. The summed E-state index contributed by atoms with van der Waals surface area (Å²) in [6.45, 7) is 0. The van der Waals surface area contributed by atoms with E-state index in [1.807, 2.05) is 0 Å². The second-order valence-electron chi connectivity index (χ2n) is 10.3. The van der Waals surface area contributed by atoms with E-state index in [9.17, 15) is 13.7 Å². The number of rotatable bonds is 3. The highest BCUT2D eigenvalue weighted by atomic mass is 16.3. The molecule has 0 saturated heterocycles. The van der Waals surface area contributed by atoms with E-state index in [2.05, 4.69) is 0 Å². The maximum Gasteiger partial charge on any atom is 0.136 e. The Morgan fingerprint density at radius 3 is 1.55 bits per heavy atom. The van der Waals surface area contributed by atoms with Crippen LogP contribution >= 0.6 is 0 Å². The minimum absolute atomic E-state index is 0.373. The van der Waals surface area contributed by atoms with Crippen molar-refractivity contribution in [2.24, 2.45) is 0 Å². The molecule has 47 heavy (non-hydrogen) atoms. The molecule has 0 aliphatic rings. The van der Waals surface area contributed by atoms with Crippen LogP contribution in [-0.2, 0) is 0 Å². The van der Waals surface area contributed by atoms with Gasteiger partial charge in [-0.3, -0.25) is 0 Å². The molecule has 10 aromatic rings. The fraction of sp³-hybridized carbons (Fsp3) is 0. The van der Waals surface area contributed by atoms with E-state index in [0.717, 1.165) is 0 Å². The van der Waals surface area contributed by atoms with Gasteiger partial charge in [-0.15, -0.1) is 0 Å². The van der Waals surface area contributed by atoms with Gasteiger partial charge < -0.3 is 4.42 Å². The molecule has 0 unspecified atom stereocenters. The molecule has 0 atom stereocenters. The number of hydrogen-bond acceptors (Lipinski definition) is 1. The van der Waals surface area contributed by atoms with Gasteiger partial charge in [0.1, 0.15) is 11.2 Å². The second kappa shape index (κ2) is 10.2. The SMILES string of the molecule is [2H]c1c([2H])c([2H])c(-c2c3c([2H])c([2H])c([2H])c([2H])c3c(-c3c([2H])c([2H])c([2H])c4c([2H])c([2H])c([2H])c([2H])c34)c3c([2H])c([2H])c([2H])c([2H])c23)c(-c2c([2H])c([2H])c3c(oc4c([2H])c([2H])c5c([2H])c([2H])c([2H])c([2H])c5c43)c2[2H])c1[2H]. The Bertz CT molecular complexity index is 4350. The largest absolute Gasteiger partial charge is 0.456 e. The van der Waals surface area contributed by atoms with Gasteiger partial charge in [-0.05, 0) is 94.6 Å². The first-order valence-corrected chi connectivity index (χ1v) is 13.9. The molecule has 1 nitrogen and oxygen atoms in total. The van der Waals surface area contributed by atoms with Gasteiger partial charge in [0.25, 0.3) is 0 Å². The summed E-state index contributed by atoms with van der Waals surface area (Å²) in [4.78, 5) is 0. The molecular formula is C46H28O. The molecule has 0 fully saturated rings. The number of fused-ring (bicyclic) bond motifs is 8. The minimum Gasteiger partial charge on any atom is -0.456 e. The summed E-state index contributed by atoms with van der Waals surface area (Å²) >= 11 is 0. The van der Waals surface area contributed by atoms with Gasteiger partial charge in [0.2, 0.25) is 0 Å². The van der Waals surface area contributed by atoms with Crippen LogP contribution in [0.4, 0.5) is 0 Å². The molecule has 0 saturated carbocycles. The van der Waals surface area contributed by atoms with Crippen molar-refractivity contribution in [1.29, 1.82) is 0 Å². The molecule has 0 amide bonds. The number of benzene rings is 9. The number of furan rings is 1. The first kappa shape index (κ1) is 10.7. The lowest BCUT2D eigenvalue weighted by molar-refractivity contribution is 0.669. The van der Waals surface area contributed by atoms with E-state index in [1.54, 1.807) is 0 Å². The van der Waals surface area contributed by atoms with Crippen molar-refractivity contribution in [3.63, 3.8) is 0 Å². The van der Waals surface area contributed by atoms with Gasteiger partial charge in [-0.1, -0.05) is 151 Å². The van der Waals surface area contributed by atoms with Gasteiger partial charge in [0.05, 0.1) is 38.4 Å². The lowest BCUT2D eigenvalue weighted by Gasteiger charge is -2.20. The summed E-state index contributed by atoms with van der Waals surface area (Å²) in [6, 6.07) is -26.3. The highest BCUT2D eigenvalue weighted by molar-refractivity contribution is 6.24. The quantitative estimate of drug-likeness (QED) is 0.178. The average Bonchev–Trinajstić information content (AvgIpc) is 3.80. The van der Waals surface area contributed by atoms with E-state index >= 15 is 0 Å². The van der Waals surface area contributed by atoms with Crippen molar-refractivity contribution in [1.82, 2.24) is 0 Å². The maximum absolute atomic E-state index is 9.69. The Morgan fingerprint density at radius 2 is 0.851 bits per heavy atom. The molecule has 1 aromatic heterocycles. The monoisotopic (exact) mass is 624 g/mol. The molecule has 0 radical (unpaired) electrons. The lowest BCUT2D eigenvalue weighted by atomic mass is 9.83. The Hall–Kier alpha value is -6.18. The van der Waals surface area contributed by atoms with E-state index < -0.39 is 262 Å². The van der Waals surface area contributed by atoms with Crippen molar-refractivity contribution in [2.75, 3.05) is 0 Å². The van der Waals surface area contributed by atoms with Crippen LogP contribution in [0.2, 0.25) is 0 Å². The third kappa shape index (κ3) is 3.90. The van der Waals surface area contributed by atoms with Gasteiger partial charge in [-0.2, -0.15) is 0 Å². The Kier molecular flexibility index (Phi) is 2.31. The predicted octanol–water partition coefficient (Wildman–Crippen LogP) is 13.2. The minimum atomic E-state index is -1.10. The van der Waals surface area contributed by atoms with Crippen molar-refractivity contribution in [3.8, 4) is 33.4 Å². The first-order chi connectivity index (χ1) is 35.0. The zero-order chi connectivity index (χ0) is 55.3. The third-order valence-electron chi connectivity index (χ3n) is 7.82. The second-order valence-corrected chi connectivity index (χ2v) is 10.3. The van der Waals surface area contributed by atoms with Crippen LogP contribution in [0.1, 0.15) is 38.4 Å². The third-order valence-corrected chi connectivity index (χ3v) is 7.82. The highest BCUT2D eigenvalue weighted by Crippen LogP contribution is 2.47. The Morgan fingerprint density at radius 1 is 0.340 bits per heavy atom. The zero-order valence-electron chi connectivity index (χ0n) is 51.4. The standard InChI is InChI=1S/C46H28O/c1-3-15-32-29(12-1)14-11-23-36(32)45-39-21-9-7-19-37(39)44(38-20-8-10-22-40(38)45)35-18-6-5-16-33(35)31-24-26-41-43(28-31)47-42-27-25-30-13-2-4-17-34(30)46(41)42/h1-28H/i1D,2D,3D,4D,5D,6D,7D,8D,9D,10D,11D,12D,13D,14D,15D,16D,17D,18D,19D,20D,21D,22D,23D,24D,25D,26D,27D,28D. The van der Waals surface area contributed by atoms with Crippen molar-refractivity contribution >= 4 is 65.0 Å². The predicted molar refractivity (Wildman–Crippen MR) is 200 cm³/mol. The molecular weight excluding hydrogens is 569 g/mol. The summed E-state index contributed by atoms with van der Waals surface area (Å²) in [7, 11) is 0. The zero-order valence-corrected chi connectivity index (χ0v) is 23.4. The van der Waals surface area contributed by atoms with Gasteiger partial charge in [0, 0.05) is 10.8 Å². The molecule has 9 aromatic carbocycles. The lowest BCUT2D eigenvalue weighted by Crippen LogP contribution is -1.93. The summed E-state index contributed by atoms with van der Waals surface area (Å²) in [5, 5.41) is -6.19. The number of hydrogen-bond donors (Lipinski definition) is 0. The van der Waals surface area contributed by atoms with Crippen LogP contribution in [0.15, 0.2) is 174 Å². The van der Waals surface area contributed by atoms with E-state index in [-0.39, 0.29) is 5.39 Å². The van der Waals surface area contributed by atoms with Crippen LogP contribution in [0.5, 0.6) is 0 Å². The smallest absolute Gasteiger partial charge is 0.136 e. The van der Waals surface area contributed by atoms with Crippen molar-refractivity contribution in [3.05, 3.63) is 169 Å². The van der Waals surface area contributed by atoms with E-state index in [0.29, 0.717) is 0 Å². The van der Waals surface area contributed by atoms with E-state index in [4.69, 9.17) is 29.1 Å². The fourth-order valence-electron chi connectivity index (χ4n) is 5.89. The van der Waals surface area contributed by atoms with Crippen molar-refractivity contribution in [2.45, 2.75) is 0 Å². The van der Waals surface area contributed by atoms with Crippen LogP contribution in [-0.4, -0.2) is 0 Å². The van der Waals surface area contributed by atoms with Crippen LogP contribution in [0.25, 0.3) is 98.4 Å². The molecule has 1 heterocycles. The molecule has 0 aliphatic heterocycles. The average molecular weight is 625 g/mol. The summed E-state index contributed by atoms with van der Waals surface area (Å²) in [5.74, 6) is 0. The molecule has 1 heteroatoms. The molecule has 0 N–H and O–H groups in total.